The molecule has 0 aromatic rings. The standard InChI is InChI=1S/C9H13NO/c1-5-6-8(7(2)3)9(11)10-4/h1,6-7H,2-4H3,(H,10,11)/b8-6-. The van der Waals surface area contributed by atoms with Gasteiger partial charge in [-0.05, 0) is 12.0 Å². The molecule has 0 saturated carbocycles. The number of hydrogen-bond acceptors (Lipinski definition) is 1. The lowest BCUT2D eigenvalue weighted by molar-refractivity contribution is -0.117. The van der Waals surface area contributed by atoms with Gasteiger partial charge in [0.15, 0.2) is 0 Å². The number of rotatable bonds is 2. The van der Waals surface area contributed by atoms with Crippen molar-refractivity contribution in [3.63, 3.8) is 0 Å². The minimum absolute atomic E-state index is 0.0991. The van der Waals surface area contributed by atoms with Crippen molar-refractivity contribution in [3.8, 4) is 12.3 Å². The molecular weight excluding hydrogens is 138 g/mol. The van der Waals surface area contributed by atoms with Gasteiger partial charge < -0.3 is 5.32 Å². The summed E-state index contributed by atoms with van der Waals surface area (Å²) in [4.78, 5) is 11.1. The lowest BCUT2D eigenvalue weighted by atomic mass is 10.0. The Morgan fingerprint density at radius 3 is 2.45 bits per heavy atom. The molecule has 2 heteroatoms. The molecule has 0 aromatic carbocycles. The number of terminal acetylenes is 1. The van der Waals surface area contributed by atoms with Crippen LogP contribution in [0, 0.1) is 18.3 Å². The molecule has 0 aromatic heterocycles. The molecule has 0 aliphatic carbocycles. The number of amides is 1. The Kier molecular flexibility index (Phi) is 4.05. The first-order valence-electron chi connectivity index (χ1n) is 3.51. The van der Waals surface area contributed by atoms with E-state index >= 15 is 0 Å². The van der Waals surface area contributed by atoms with Crippen LogP contribution in [-0.2, 0) is 4.79 Å². The second-order valence-corrected chi connectivity index (χ2v) is 2.50. The number of nitrogens with one attached hydrogen (secondary N) is 1. The fraction of sp³-hybridized carbons (Fsp3) is 0.444. The Labute approximate surface area is 67.7 Å². The summed E-state index contributed by atoms with van der Waals surface area (Å²) in [5, 5.41) is 2.53. The van der Waals surface area contributed by atoms with Gasteiger partial charge in [-0.1, -0.05) is 19.8 Å². The molecule has 0 rings (SSSR count). The number of likely N-dealkylation sites (N-methyl/N-ethyl adjacent to an activating group) is 1. The van der Waals surface area contributed by atoms with Gasteiger partial charge in [0.2, 0.25) is 5.91 Å². The largest absolute Gasteiger partial charge is 0.355 e. The molecular formula is C9H13NO. The SMILES string of the molecule is C#C/C=C(\C(=O)NC)C(C)C. The summed E-state index contributed by atoms with van der Waals surface area (Å²) in [6.07, 6.45) is 6.56. The van der Waals surface area contributed by atoms with Crippen molar-refractivity contribution in [2.24, 2.45) is 5.92 Å². The fourth-order valence-corrected chi connectivity index (χ4v) is 0.729. The summed E-state index contributed by atoms with van der Waals surface area (Å²) in [5.41, 5.74) is 0.648. The van der Waals surface area contributed by atoms with Crippen molar-refractivity contribution >= 4 is 5.91 Å². The van der Waals surface area contributed by atoms with Crippen molar-refractivity contribution in [2.75, 3.05) is 7.05 Å². The molecule has 0 saturated heterocycles. The van der Waals surface area contributed by atoms with Crippen molar-refractivity contribution in [2.45, 2.75) is 13.8 Å². The van der Waals surface area contributed by atoms with Crippen LogP contribution >= 0.6 is 0 Å². The van der Waals surface area contributed by atoms with Crippen LogP contribution in [0.3, 0.4) is 0 Å². The van der Waals surface area contributed by atoms with Crippen LogP contribution in [0.25, 0.3) is 0 Å². The lowest BCUT2D eigenvalue weighted by Gasteiger charge is -2.07. The highest BCUT2D eigenvalue weighted by Gasteiger charge is 2.09. The Morgan fingerprint density at radius 1 is 1.64 bits per heavy atom. The summed E-state index contributed by atoms with van der Waals surface area (Å²) in [6, 6.07) is 0. The average Bonchev–Trinajstić information content (AvgIpc) is 1.98. The minimum atomic E-state index is -0.0991. The predicted octanol–water partition coefficient (Wildman–Crippen LogP) is 0.948. The zero-order chi connectivity index (χ0) is 8.85. The van der Waals surface area contributed by atoms with Crippen molar-refractivity contribution in [3.05, 3.63) is 11.6 Å². The van der Waals surface area contributed by atoms with Crippen LogP contribution < -0.4 is 5.32 Å². The molecule has 0 spiro atoms. The van der Waals surface area contributed by atoms with E-state index in [1.54, 1.807) is 7.05 Å². The van der Waals surface area contributed by atoms with Crippen LogP contribution in [0.4, 0.5) is 0 Å². The molecule has 0 bridgehead atoms. The van der Waals surface area contributed by atoms with Crippen LogP contribution in [0.15, 0.2) is 11.6 Å². The first kappa shape index (κ1) is 9.77. The number of hydrogen-bond donors (Lipinski definition) is 1. The fourth-order valence-electron chi connectivity index (χ4n) is 0.729. The van der Waals surface area contributed by atoms with E-state index in [0.717, 1.165) is 0 Å². The second kappa shape index (κ2) is 4.56. The third-order valence-corrected chi connectivity index (χ3v) is 1.35. The van der Waals surface area contributed by atoms with E-state index in [2.05, 4.69) is 11.2 Å². The first-order chi connectivity index (χ1) is 5.13. The van der Waals surface area contributed by atoms with Crippen molar-refractivity contribution in [1.29, 1.82) is 0 Å². The van der Waals surface area contributed by atoms with Crippen LogP contribution in [0.1, 0.15) is 13.8 Å². The van der Waals surface area contributed by atoms with Gasteiger partial charge >= 0.3 is 0 Å². The van der Waals surface area contributed by atoms with E-state index in [0.29, 0.717) is 5.57 Å². The normalized spacial score (nSPS) is 11.0. The Hall–Kier alpha value is -1.23. The summed E-state index contributed by atoms with van der Waals surface area (Å²) in [6.45, 7) is 3.86. The van der Waals surface area contributed by atoms with Gasteiger partial charge in [0.1, 0.15) is 0 Å². The molecule has 0 aliphatic rings. The van der Waals surface area contributed by atoms with Gasteiger partial charge in [0, 0.05) is 12.6 Å². The number of carbonyl (C=O) groups excluding carboxylic acids is 1. The molecule has 0 radical (unpaired) electrons. The summed E-state index contributed by atoms with van der Waals surface area (Å²) < 4.78 is 0. The highest BCUT2D eigenvalue weighted by Crippen LogP contribution is 2.08. The van der Waals surface area contributed by atoms with E-state index in [9.17, 15) is 4.79 Å². The van der Waals surface area contributed by atoms with Gasteiger partial charge in [0.05, 0.1) is 0 Å². The monoisotopic (exact) mass is 151 g/mol. The van der Waals surface area contributed by atoms with Gasteiger partial charge in [-0.3, -0.25) is 4.79 Å². The van der Waals surface area contributed by atoms with Gasteiger partial charge in [-0.2, -0.15) is 0 Å². The van der Waals surface area contributed by atoms with Crippen molar-refractivity contribution in [1.82, 2.24) is 5.32 Å². The van der Waals surface area contributed by atoms with Gasteiger partial charge in [-0.25, -0.2) is 0 Å². The maximum atomic E-state index is 11.1. The molecule has 60 valence electrons. The molecule has 0 aliphatic heterocycles. The maximum Gasteiger partial charge on any atom is 0.247 e. The highest BCUT2D eigenvalue weighted by atomic mass is 16.1. The molecule has 11 heavy (non-hydrogen) atoms. The number of carbonyl (C=O) groups is 1. The molecule has 0 fully saturated rings. The highest BCUT2D eigenvalue weighted by molar-refractivity contribution is 5.94. The van der Waals surface area contributed by atoms with E-state index < -0.39 is 0 Å². The summed E-state index contributed by atoms with van der Waals surface area (Å²) >= 11 is 0. The third-order valence-electron chi connectivity index (χ3n) is 1.35. The summed E-state index contributed by atoms with van der Waals surface area (Å²) in [5.74, 6) is 2.41. The van der Waals surface area contributed by atoms with Gasteiger partial charge in [0.25, 0.3) is 0 Å². The van der Waals surface area contributed by atoms with E-state index in [-0.39, 0.29) is 11.8 Å². The minimum Gasteiger partial charge on any atom is -0.355 e. The third kappa shape index (κ3) is 2.90. The average molecular weight is 151 g/mol. The molecule has 2 nitrogen and oxygen atoms in total. The van der Waals surface area contributed by atoms with Crippen LogP contribution in [0.5, 0.6) is 0 Å². The van der Waals surface area contributed by atoms with Crippen LogP contribution in [0.2, 0.25) is 0 Å². The molecule has 0 unspecified atom stereocenters. The molecule has 1 N–H and O–H groups in total. The Morgan fingerprint density at radius 2 is 2.18 bits per heavy atom. The van der Waals surface area contributed by atoms with E-state index in [4.69, 9.17) is 6.42 Å². The molecule has 0 atom stereocenters. The molecule has 1 amide bonds. The van der Waals surface area contributed by atoms with Crippen molar-refractivity contribution < 1.29 is 4.79 Å². The van der Waals surface area contributed by atoms with Gasteiger partial charge in [-0.15, -0.1) is 6.42 Å². The molecule has 0 heterocycles. The lowest BCUT2D eigenvalue weighted by Crippen LogP contribution is -2.22. The maximum absolute atomic E-state index is 11.1. The van der Waals surface area contributed by atoms with E-state index in [1.165, 1.54) is 6.08 Å². The number of allylic oxidation sites excluding steroid dienone is 1. The zero-order valence-corrected chi connectivity index (χ0v) is 7.14. The second-order valence-electron chi connectivity index (χ2n) is 2.50. The Bertz CT molecular complexity index is 208. The topological polar surface area (TPSA) is 29.1 Å². The summed E-state index contributed by atoms with van der Waals surface area (Å²) in [7, 11) is 1.59. The zero-order valence-electron chi connectivity index (χ0n) is 7.14. The first-order valence-corrected chi connectivity index (χ1v) is 3.51. The smallest absolute Gasteiger partial charge is 0.247 e. The Balaban J connectivity index is 4.51. The quantitative estimate of drug-likeness (QED) is 0.462. The predicted molar refractivity (Wildman–Crippen MR) is 45.8 cm³/mol. The van der Waals surface area contributed by atoms with E-state index in [1.807, 2.05) is 13.8 Å². The van der Waals surface area contributed by atoms with Crippen LogP contribution in [-0.4, -0.2) is 13.0 Å².